The standard InChI is InChI=1S/C29H34F3N7O4/c1-14(2)39-20(10-11-33-39)24(40)37-23(22(15-4-5-15)16-6-7-16)25(41)34-17-8-9-18-19(12-17)35-26(42)28(18,3)38-13-21(29(30,31)32)36-27(38)43/h8-12,14-16,21-23H,4-7,13H2,1-3H3,(H,34,41)(H,35,42)(H,36,43)(H,37,40)/t21-,23-,28-/m0/s1. The average molecular weight is 602 g/mol. The van der Waals surface area contributed by atoms with Crippen molar-refractivity contribution >= 4 is 35.1 Å². The normalized spacial score (nSPS) is 24.2. The van der Waals surface area contributed by atoms with Gasteiger partial charge in [-0.25, -0.2) is 4.79 Å². The van der Waals surface area contributed by atoms with Crippen molar-refractivity contribution in [3.05, 3.63) is 41.7 Å². The Morgan fingerprint density at radius 2 is 1.77 bits per heavy atom. The highest BCUT2D eigenvalue weighted by atomic mass is 19.4. The zero-order valence-corrected chi connectivity index (χ0v) is 24.0. The van der Waals surface area contributed by atoms with Gasteiger partial charge in [0.25, 0.3) is 11.8 Å². The largest absolute Gasteiger partial charge is 0.410 e. The van der Waals surface area contributed by atoms with Crippen LogP contribution in [0.1, 0.15) is 68.5 Å². The van der Waals surface area contributed by atoms with E-state index in [-0.39, 0.29) is 17.6 Å². The average Bonchev–Trinajstić information content (AvgIpc) is 3.84. The van der Waals surface area contributed by atoms with Crippen LogP contribution in [-0.4, -0.2) is 63.2 Å². The van der Waals surface area contributed by atoms with Crippen LogP contribution in [0.3, 0.4) is 0 Å². The number of hydrogen-bond acceptors (Lipinski definition) is 5. The Bertz CT molecular complexity index is 1470. The molecule has 3 heterocycles. The predicted molar refractivity (Wildman–Crippen MR) is 149 cm³/mol. The van der Waals surface area contributed by atoms with Crippen molar-refractivity contribution < 1.29 is 32.3 Å². The number of aromatic nitrogens is 2. The molecule has 0 bridgehead atoms. The Labute approximate surface area is 245 Å². The van der Waals surface area contributed by atoms with Gasteiger partial charge in [-0.15, -0.1) is 0 Å². The first kappa shape index (κ1) is 29.0. The van der Waals surface area contributed by atoms with Gasteiger partial charge in [0, 0.05) is 29.2 Å². The van der Waals surface area contributed by atoms with E-state index in [1.165, 1.54) is 19.1 Å². The third kappa shape index (κ3) is 5.20. The molecule has 2 aliphatic heterocycles. The lowest BCUT2D eigenvalue weighted by atomic mass is 9.88. The second-order valence-corrected chi connectivity index (χ2v) is 12.4. The summed E-state index contributed by atoms with van der Waals surface area (Å²) >= 11 is 0. The number of alkyl halides is 3. The minimum absolute atomic E-state index is 0.0212. The van der Waals surface area contributed by atoms with Gasteiger partial charge in [-0.05, 0) is 82.4 Å². The van der Waals surface area contributed by atoms with Crippen LogP contribution in [-0.2, 0) is 15.1 Å². The van der Waals surface area contributed by atoms with Gasteiger partial charge >= 0.3 is 12.2 Å². The molecule has 43 heavy (non-hydrogen) atoms. The monoisotopic (exact) mass is 601 g/mol. The van der Waals surface area contributed by atoms with Crippen molar-refractivity contribution in [3.8, 4) is 0 Å². The number of benzene rings is 1. The molecule has 4 aliphatic rings. The fourth-order valence-corrected chi connectivity index (χ4v) is 6.46. The molecule has 0 unspecified atom stereocenters. The number of fused-ring (bicyclic) bond motifs is 1. The zero-order chi connectivity index (χ0) is 30.8. The SMILES string of the molecule is CC(C)n1nccc1C(=O)N[C@H](C(=O)Nc1ccc2c(c1)NC(=O)[C@@]2(C)N1C[C@@H](C(F)(F)F)NC1=O)C(C1CC1)C1CC1. The number of halogens is 3. The van der Waals surface area contributed by atoms with Crippen molar-refractivity contribution in [1.82, 2.24) is 25.3 Å². The van der Waals surface area contributed by atoms with E-state index in [0.717, 1.165) is 30.6 Å². The number of nitrogens with zero attached hydrogens (tertiary/aromatic N) is 3. The summed E-state index contributed by atoms with van der Waals surface area (Å²) in [5.41, 5.74) is -0.397. The molecule has 4 N–H and O–H groups in total. The number of hydrogen-bond donors (Lipinski definition) is 4. The molecule has 230 valence electrons. The summed E-state index contributed by atoms with van der Waals surface area (Å²) in [7, 11) is 0. The summed E-state index contributed by atoms with van der Waals surface area (Å²) in [5, 5.41) is 14.7. The van der Waals surface area contributed by atoms with Crippen LogP contribution < -0.4 is 21.3 Å². The number of amides is 5. The van der Waals surface area contributed by atoms with Gasteiger partial charge in [-0.1, -0.05) is 6.07 Å². The maximum atomic E-state index is 13.8. The molecule has 0 spiro atoms. The molecule has 14 heteroatoms. The quantitative estimate of drug-likeness (QED) is 0.347. The lowest BCUT2D eigenvalue weighted by molar-refractivity contribution is -0.151. The highest BCUT2D eigenvalue weighted by molar-refractivity contribution is 6.08. The molecule has 11 nitrogen and oxygen atoms in total. The maximum Gasteiger partial charge on any atom is 0.410 e. The van der Waals surface area contributed by atoms with Gasteiger partial charge in [-0.2, -0.15) is 18.3 Å². The predicted octanol–water partition coefficient (Wildman–Crippen LogP) is 3.76. The third-order valence-corrected chi connectivity index (χ3v) is 9.02. The van der Waals surface area contributed by atoms with Crippen LogP contribution >= 0.6 is 0 Å². The van der Waals surface area contributed by atoms with Gasteiger partial charge < -0.3 is 26.2 Å². The van der Waals surface area contributed by atoms with E-state index in [1.54, 1.807) is 23.0 Å². The molecule has 2 aromatic rings. The Balaban J connectivity index is 1.24. The Hall–Kier alpha value is -4.10. The zero-order valence-electron chi connectivity index (χ0n) is 24.0. The molecule has 3 atom stereocenters. The van der Waals surface area contributed by atoms with E-state index < -0.39 is 54.1 Å². The van der Waals surface area contributed by atoms with Crippen LogP contribution in [0.2, 0.25) is 0 Å². The minimum atomic E-state index is -4.66. The second kappa shape index (κ2) is 10.3. The molecular weight excluding hydrogens is 567 g/mol. The summed E-state index contributed by atoms with van der Waals surface area (Å²) in [6.45, 7) is 4.50. The molecule has 1 saturated heterocycles. The minimum Gasteiger partial charge on any atom is -0.339 e. The molecule has 1 aromatic carbocycles. The van der Waals surface area contributed by atoms with Gasteiger partial charge in [0.05, 0.1) is 6.54 Å². The van der Waals surface area contributed by atoms with Gasteiger partial charge in [0.15, 0.2) is 0 Å². The molecular formula is C29H34F3N7O4. The topological polar surface area (TPSA) is 137 Å². The van der Waals surface area contributed by atoms with Gasteiger partial charge in [0.2, 0.25) is 5.91 Å². The van der Waals surface area contributed by atoms with Crippen LogP contribution in [0, 0.1) is 17.8 Å². The Morgan fingerprint density at radius 1 is 1.09 bits per heavy atom. The maximum absolute atomic E-state index is 13.8. The van der Waals surface area contributed by atoms with E-state index in [1.807, 2.05) is 19.2 Å². The number of urea groups is 1. The molecule has 2 saturated carbocycles. The molecule has 6 rings (SSSR count). The summed E-state index contributed by atoms with van der Waals surface area (Å²) in [6.07, 6.45) is 0.860. The van der Waals surface area contributed by atoms with Gasteiger partial charge in [0.1, 0.15) is 23.3 Å². The summed E-state index contributed by atoms with van der Waals surface area (Å²) in [5.74, 6) is -0.788. The van der Waals surface area contributed by atoms with E-state index in [4.69, 9.17) is 0 Å². The summed E-state index contributed by atoms with van der Waals surface area (Å²) in [4.78, 5) is 53.7. The number of carbonyl (C=O) groups is 4. The molecule has 2 aliphatic carbocycles. The van der Waals surface area contributed by atoms with E-state index in [9.17, 15) is 32.3 Å². The number of rotatable bonds is 9. The summed E-state index contributed by atoms with van der Waals surface area (Å²) in [6, 6.07) is 2.25. The Morgan fingerprint density at radius 3 is 2.35 bits per heavy atom. The van der Waals surface area contributed by atoms with Crippen LogP contribution in [0.25, 0.3) is 0 Å². The highest BCUT2D eigenvalue weighted by Gasteiger charge is 2.57. The van der Waals surface area contributed by atoms with E-state index >= 15 is 0 Å². The fourth-order valence-electron chi connectivity index (χ4n) is 6.46. The lowest BCUT2D eigenvalue weighted by Crippen LogP contribution is -2.50. The number of anilines is 2. The van der Waals surface area contributed by atoms with Crippen molar-refractivity contribution in [1.29, 1.82) is 0 Å². The lowest BCUT2D eigenvalue weighted by Gasteiger charge is -2.32. The van der Waals surface area contributed by atoms with Crippen molar-refractivity contribution in [3.63, 3.8) is 0 Å². The van der Waals surface area contributed by atoms with Gasteiger partial charge in [-0.3, -0.25) is 19.1 Å². The number of carbonyl (C=O) groups excluding carboxylic acids is 4. The fraction of sp³-hybridized carbons (Fsp3) is 0.552. The molecule has 0 radical (unpaired) electrons. The smallest absolute Gasteiger partial charge is 0.339 e. The van der Waals surface area contributed by atoms with Crippen LogP contribution in [0.5, 0.6) is 0 Å². The molecule has 1 aromatic heterocycles. The Kier molecular flexibility index (Phi) is 6.92. The molecule has 5 amide bonds. The highest BCUT2D eigenvalue weighted by Crippen LogP contribution is 2.51. The number of nitrogens with one attached hydrogen (secondary N) is 4. The first-order valence-electron chi connectivity index (χ1n) is 14.5. The van der Waals surface area contributed by atoms with Crippen LogP contribution in [0.4, 0.5) is 29.3 Å². The van der Waals surface area contributed by atoms with Crippen molar-refractivity contribution in [2.75, 3.05) is 17.2 Å². The first-order chi connectivity index (χ1) is 20.3. The van der Waals surface area contributed by atoms with Crippen molar-refractivity contribution in [2.24, 2.45) is 17.8 Å². The van der Waals surface area contributed by atoms with Crippen molar-refractivity contribution in [2.45, 2.75) is 76.3 Å². The van der Waals surface area contributed by atoms with E-state index in [0.29, 0.717) is 28.8 Å². The summed E-state index contributed by atoms with van der Waals surface area (Å²) < 4.78 is 41.6. The molecule has 3 fully saturated rings. The third-order valence-electron chi connectivity index (χ3n) is 9.02. The first-order valence-corrected chi connectivity index (χ1v) is 14.5. The second-order valence-electron chi connectivity index (χ2n) is 12.4. The van der Waals surface area contributed by atoms with E-state index in [2.05, 4.69) is 21.0 Å². The van der Waals surface area contributed by atoms with Crippen LogP contribution in [0.15, 0.2) is 30.5 Å².